The molecule has 140 valence electrons. The number of aryl methyl sites for hydroxylation is 1. The number of hydrogen-bond donors (Lipinski definition) is 1. The topological polar surface area (TPSA) is 72.2 Å². The number of aromatic nitrogens is 3. The van der Waals surface area contributed by atoms with Gasteiger partial charge in [0.2, 0.25) is 0 Å². The van der Waals surface area contributed by atoms with Crippen molar-refractivity contribution >= 4 is 23.3 Å². The Hall–Kier alpha value is -2.28. The molecule has 1 aliphatic rings. The highest BCUT2D eigenvalue weighted by atomic mass is 35.5. The third-order valence-corrected chi connectivity index (χ3v) is 5.02. The number of carbonyl (C=O) groups is 1. The quantitative estimate of drug-likeness (QED) is 0.892. The van der Waals surface area contributed by atoms with E-state index in [1.165, 1.54) is 4.68 Å². The number of rotatable bonds is 3. The predicted octanol–water partition coefficient (Wildman–Crippen LogP) is 3.23. The number of likely N-dealkylation sites (tertiary alicyclic amines) is 1. The Bertz CT molecular complexity index is 858. The van der Waals surface area contributed by atoms with Crippen LogP contribution < -0.4 is 11.0 Å². The first-order valence-electron chi connectivity index (χ1n) is 8.84. The maximum absolute atomic E-state index is 12.6. The fourth-order valence-corrected chi connectivity index (χ4v) is 3.57. The zero-order valence-corrected chi connectivity index (χ0v) is 16.0. The van der Waals surface area contributed by atoms with Gasteiger partial charge >= 0.3 is 11.7 Å². The monoisotopic (exact) mass is 377 g/mol. The zero-order valence-electron chi connectivity index (χ0n) is 15.3. The summed E-state index contributed by atoms with van der Waals surface area (Å²) in [5.74, 6) is 0.791. The number of halogens is 1. The summed E-state index contributed by atoms with van der Waals surface area (Å²) in [7, 11) is 1.66. The van der Waals surface area contributed by atoms with Crippen molar-refractivity contribution in [1.82, 2.24) is 19.2 Å². The number of hydrogen-bond acceptors (Lipinski definition) is 3. The summed E-state index contributed by atoms with van der Waals surface area (Å²) in [5, 5.41) is 7.81. The molecule has 1 saturated heterocycles. The first-order valence-corrected chi connectivity index (χ1v) is 9.22. The summed E-state index contributed by atoms with van der Waals surface area (Å²) in [6.07, 6.45) is 1.77. The molecule has 1 unspecified atom stereocenters. The molecular formula is C18H24ClN5O2. The van der Waals surface area contributed by atoms with E-state index in [1.807, 2.05) is 26.0 Å². The van der Waals surface area contributed by atoms with Crippen molar-refractivity contribution in [3.05, 3.63) is 45.6 Å². The molecule has 0 bridgehead atoms. The lowest BCUT2D eigenvalue weighted by atomic mass is 9.97. The Morgan fingerprint density at radius 1 is 1.35 bits per heavy atom. The van der Waals surface area contributed by atoms with Crippen LogP contribution in [0.1, 0.15) is 44.5 Å². The number of urea groups is 1. The SMILES string of the molecule is CC(C)n1c(C2CCCN(C(=O)Nc3ccccc3Cl)C2)nn(C)c1=O. The molecule has 1 fully saturated rings. The molecule has 0 saturated carbocycles. The molecule has 3 rings (SSSR count). The van der Waals surface area contributed by atoms with Crippen LogP contribution in [0.5, 0.6) is 0 Å². The summed E-state index contributed by atoms with van der Waals surface area (Å²) in [6.45, 7) is 5.14. The largest absolute Gasteiger partial charge is 0.345 e. The molecule has 2 amide bonds. The summed E-state index contributed by atoms with van der Waals surface area (Å²) < 4.78 is 3.10. The minimum atomic E-state index is -0.183. The second-order valence-electron chi connectivity index (χ2n) is 6.92. The van der Waals surface area contributed by atoms with Crippen LogP contribution in [-0.2, 0) is 7.05 Å². The molecule has 0 aliphatic carbocycles. The molecule has 1 aromatic carbocycles. The molecule has 7 nitrogen and oxygen atoms in total. The lowest BCUT2D eigenvalue weighted by Gasteiger charge is -2.32. The van der Waals surface area contributed by atoms with Gasteiger partial charge in [-0.3, -0.25) is 4.57 Å². The fraction of sp³-hybridized carbons (Fsp3) is 0.500. The summed E-state index contributed by atoms with van der Waals surface area (Å²) in [6, 6.07) is 7.01. The predicted molar refractivity (Wildman–Crippen MR) is 102 cm³/mol. The van der Waals surface area contributed by atoms with Crippen molar-refractivity contribution in [2.24, 2.45) is 7.05 Å². The Balaban J connectivity index is 1.78. The Morgan fingerprint density at radius 2 is 2.08 bits per heavy atom. The number of nitrogens with one attached hydrogen (secondary N) is 1. The number of anilines is 1. The minimum Gasteiger partial charge on any atom is -0.324 e. The van der Waals surface area contributed by atoms with Gasteiger partial charge in [-0.1, -0.05) is 23.7 Å². The van der Waals surface area contributed by atoms with Gasteiger partial charge in [0, 0.05) is 32.1 Å². The van der Waals surface area contributed by atoms with Gasteiger partial charge in [-0.25, -0.2) is 14.3 Å². The van der Waals surface area contributed by atoms with Crippen LogP contribution in [-0.4, -0.2) is 38.4 Å². The van der Waals surface area contributed by atoms with Crippen molar-refractivity contribution in [2.75, 3.05) is 18.4 Å². The second-order valence-corrected chi connectivity index (χ2v) is 7.33. The minimum absolute atomic E-state index is 0.0264. The Kier molecular flexibility index (Phi) is 5.36. The highest BCUT2D eigenvalue weighted by Gasteiger charge is 2.30. The van der Waals surface area contributed by atoms with Crippen molar-refractivity contribution in [1.29, 1.82) is 0 Å². The third kappa shape index (κ3) is 3.62. The van der Waals surface area contributed by atoms with Crippen molar-refractivity contribution < 1.29 is 4.79 Å². The average Bonchev–Trinajstić information content (AvgIpc) is 2.92. The molecular weight excluding hydrogens is 354 g/mol. The molecule has 1 N–H and O–H groups in total. The van der Waals surface area contributed by atoms with E-state index in [0.717, 1.165) is 18.7 Å². The number of benzene rings is 1. The van der Waals surface area contributed by atoms with Gasteiger partial charge in [0.25, 0.3) is 0 Å². The van der Waals surface area contributed by atoms with E-state index >= 15 is 0 Å². The van der Waals surface area contributed by atoms with E-state index < -0.39 is 0 Å². The van der Waals surface area contributed by atoms with Gasteiger partial charge in [-0.05, 0) is 38.8 Å². The van der Waals surface area contributed by atoms with Gasteiger partial charge in [0.15, 0.2) is 0 Å². The molecule has 1 atom stereocenters. The molecule has 0 radical (unpaired) electrons. The zero-order chi connectivity index (χ0) is 18.8. The standard InChI is InChI=1S/C18H24ClN5O2/c1-12(2)24-16(21-22(3)18(24)26)13-7-6-10-23(11-13)17(25)20-15-9-5-4-8-14(15)19/h4-5,8-9,12-13H,6-7,10-11H2,1-3H3,(H,20,25). The van der Waals surface area contributed by atoms with Crippen molar-refractivity contribution in [2.45, 2.75) is 38.6 Å². The average molecular weight is 378 g/mol. The maximum Gasteiger partial charge on any atom is 0.345 e. The fourth-order valence-electron chi connectivity index (χ4n) is 3.39. The van der Waals surface area contributed by atoms with Crippen LogP contribution in [0.15, 0.2) is 29.1 Å². The van der Waals surface area contributed by atoms with E-state index in [0.29, 0.717) is 23.8 Å². The van der Waals surface area contributed by atoms with Crippen LogP contribution in [0.2, 0.25) is 5.02 Å². The summed E-state index contributed by atoms with van der Waals surface area (Å²) in [4.78, 5) is 26.7. The van der Waals surface area contributed by atoms with Gasteiger partial charge in [0.1, 0.15) is 5.82 Å². The lowest BCUT2D eigenvalue weighted by molar-refractivity contribution is 0.190. The summed E-state index contributed by atoms with van der Waals surface area (Å²) >= 11 is 6.12. The summed E-state index contributed by atoms with van der Waals surface area (Å²) in [5.41, 5.74) is 0.478. The van der Waals surface area contributed by atoms with Crippen LogP contribution in [0.25, 0.3) is 0 Å². The lowest BCUT2D eigenvalue weighted by Crippen LogP contribution is -2.42. The molecule has 2 aromatic rings. The second kappa shape index (κ2) is 7.53. The van der Waals surface area contributed by atoms with E-state index in [9.17, 15) is 9.59 Å². The van der Waals surface area contributed by atoms with Gasteiger partial charge in [-0.15, -0.1) is 0 Å². The number of nitrogens with zero attached hydrogens (tertiary/aromatic N) is 4. The van der Waals surface area contributed by atoms with Crippen molar-refractivity contribution in [3.63, 3.8) is 0 Å². The third-order valence-electron chi connectivity index (χ3n) is 4.69. The van der Waals surface area contributed by atoms with E-state index in [-0.39, 0.29) is 23.7 Å². The van der Waals surface area contributed by atoms with E-state index in [4.69, 9.17) is 11.6 Å². The normalized spacial score (nSPS) is 17.6. The molecule has 8 heteroatoms. The van der Waals surface area contributed by atoms with Gasteiger partial charge in [0.05, 0.1) is 10.7 Å². The van der Waals surface area contributed by atoms with Gasteiger partial charge in [-0.2, -0.15) is 5.10 Å². The van der Waals surface area contributed by atoms with Crippen LogP contribution >= 0.6 is 11.6 Å². The first kappa shape index (κ1) is 18.5. The maximum atomic E-state index is 12.6. The van der Waals surface area contributed by atoms with E-state index in [2.05, 4.69) is 10.4 Å². The number of para-hydroxylation sites is 1. The smallest absolute Gasteiger partial charge is 0.324 e. The van der Waals surface area contributed by atoms with Crippen LogP contribution in [0.4, 0.5) is 10.5 Å². The molecule has 2 heterocycles. The number of carbonyl (C=O) groups excluding carboxylic acids is 1. The number of piperidine rings is 1. The molecule has 26 heavy (non-hydrogen) atoms. The molecule has 1 aliphatic heterocycles. The van der Waals surface area contributed by atoms with Crippen molar-refractivity contribution in [3.8, 4) is 0 Å². The van der Waals surface area contributed by atoms with Crippen LogP contribution in [0.3, 0.4) is 0 Å². The molecule has 1 aromatic heterocycles. The van der Waals surface area contributed by atoms with E-state index in [1.54, 1.807) is 28.6 Å². The highest BCUT2D eigenvalue weighted by molar-refractivity contribution is 6.33. The first-order chi connectivity index (χ1) is 12.4. The molecule has 0 spiro atoms. The Labute approximate surface area is 157 Å². The van der Waals surface area contributed by atoms with Gasteiger partial charge < -0.3 is 10.2 Å². The van der Waals surface area contributed by atoms with Crippen LogP contribution in [0, 0.1) is 0 Å². The highest BCUT2D eigenvalue weighted by Crippen LogP contribution is 2.27. The Morgan fingerprint density at radius 3 is 2.77 bits per heavy atom. The number of amides is 2.